The number of methoxy groups -OCH3 is 1. The zero-order valence-electron chi connectivity index (χ0n) is 12.4. The second kappa shape index (κ2) is 6.63. The van der Waals surface area contributed by atoms with Gasteiger partial charge in [-0.05, 0) is 31.5 Å². The Morgan fingerprint density at radius 3 is 2.76 bits per heavy atom. The molecule has 21 heavy (non-hydrogen) atoms. The molecule has 0 unspecified atom stereocenters. The molecule has 2 N–H and O–H groups in total. The van der Waals surface area contributed by atoms with Gasteiger partial charge in [0.2, 0.25) is 0 Å². The lowest BCUT2D eigenvalue weighted by molar-refractivity contribution is 0.379. The van der Waals surface area contributed by atoms with Crippen LogP contribution < -0.4 is 15.4 Å². The van der Waals surface area contributed by atoms with E-state index in [-0.39, 0.29) is 6.04 Å². The van der Waals surface area contributed by atoms with E-state index in [1.807, 2.05) is 24.3 Å². The monoisotopic (exact) mass is 306 g/mol. The minimum Gasteiger partial charge on any atom is -0.467 e. The number of nitrogens with two attached hydrogens (primary N) is 1. The summed E-state index contributed by atoms with van der Waals surface area (Å²) in [7, 11) is 1.53. The number of anilines is 2. The van der Waals surface area contributed by atoms with Crippen LogP contribution in [0.15, 0.2) is 30.5 Å². The van der Waals surface area contributed by atoms with E-state index >= 15 is 0 Å². The van der Waals surface area contributed by atoms with Gasteiger partial charge in [0.25, 0.3) is 0 Å². The van der Waals surface area contributed by atoms with Crippen LogP contribution in [-0.4, -0.2) is 23.1 Å². The Morgan fingerprint density at radius 1 is 1.38 bits per heavy atom. The lowest BCUT2D eigenvalue weighted by Crippen LogP contribution is -2.31. The van der Waals surface area contributed by atoms with Crippen LogP contribution in [0.2, 0.25) is 5.02 Å². The van der Waals surface area contributed by atoms with Gasteiger partial charge >= 0.3 is 6.01 Å². The maximum Gasteiger partial charge on any atom is 0.318 e. The van der Waals surface area contributed by atoms with Crippen molar-refractivity contribution < 1.29 is 4.74 Å². The average Bonchev–Trinajstić information content (AvgIpc) is 2.45. The predicted molar refractivity (Wildman–Crippen MR) is 85.8 cm³/mol. The van der Waals surface area contributed by atoms with Crippen LogP contribution in [0.4, 0.5) is 11.5 Å². The number of rotatable bonds is 5. The molecule has 0 aliphatic heterocycles. The van der Waals surface area contributed by atoms with Gasteiger partial charge in [0, 0.05) is 18.3 Å². The minimum atomic E-state index is 0.212. The van der Waals surface area contributed by atoms with Crippen LogP contribution in [0.25, 0.3) is 0 Å². The number of ether oxygens (including phenoxy) is 1. The van der Waals surface area contributed by atoms with Crippen LogP contribution in [-0.2, 0) is 6.54 Å². The van der Waals surface area contributed by atoms with Gasteiger partial charge in [0.05, 0.1) is 13.3 Å². The summed E-state index contributed by atoms with van der Waals surface area (Å²) >= 11 is 6.24. The van der Waals surface area contributed by atoms with Crippen molar-refractivity contribution in [1.82, 2.24) is 9.97 Å². The SMILES string of the molecule is COc1ncc(Cl)c(N(Cc2cccc(N)c2)C(C)C)n1. The van der Waals surface area contributed by atoms with E-state index in [1.54, 1.807) is 6.20 Å². The lowest BCUT2D eigenvalue weighted by Gasteiger charge is -2.28. The summed E-state index contributed by atoms with van der Waals surface area (Å²) in [6.07, 6.45) is 1.55. The van der Waals surface area contributed by atoms with Crippen molar-refractivity contribution in [2.24, 2.45) is 0 Å². The fraction of sp³-hybridized carbons (Fsp3) is 0.333. The second-order valence-electron chi connectivity index (χ2n) is 4.99. The standard InChI is InChI=1S/C15H19ClN4O/c1-10(2)20(9-11-5-4-6-12(17)7-11)14-13(16)8-18-15(19-14)21-3/h4-8,10H,9,17H2,1-3H3. The van der Waals surface area contributed by atoms with E-state index in [9.17, 15) is 0 Å². The normalized spacial score (nSPS) is 10.7. The fourth-order valence-electron chi connectivity index (χ4n) is 2.03. The summed E-state index contributed by atoms with van der Waals surface area (Å²) in [5.41, 5.74) is 7.67. The summed E-state index contributed by atoms with van der Waals surface area (Å²) in [6.45, 7) is 4.82. The van der Waals surface area contributed by atoms with E-state index in [1.165, 1.54) is 7.11 Å². The molecular formula is C15H19ClN4O. The van der Waals surface area contributed by atoms with E-state index < -0.39 is 0 Å². The Kier molecular flexibility index (Phi) is 4.85. The molecule has 0 spiro atoms. The molecule has 1 aromatic carbocycles. The zero-order chi connectivity index (χ0) is 15.4. The van der Waals surface area contributed by atoms with Crippen LogP contribution >= 0.6 is 11.6 Å². The quantitative estimate of drug-likeness (QED) is 0.860. The summed E-state index contributed by atoms with van der Waals surface area (Å²) in [5, 5.41) is 0.494. The second-order valence-corrected chi connectivity index (χ2v) is 5.40. The smallest absolute Gasteiger partial charge is 0.318 e. The third-order valence-electron chi connectivity index (χ3n) is 3.09. The maximum atomic E-state index is 6.24. The number of halogens is 1. The molecule has 1 heterocycles. The van der Waals surface area contributed by atoms with E-state index in [0.29, 0.717) is 23.4 Å². The molecule has 112 valence electrons. The number of aromatic nitrogens is 2. The Morgan fingerprint density at radius 2 is 2.14 bits per heavy atom. The lowest BCUT2D eigenvalue weighted by atomic mass is 10.1. The molecule has 6 heteroatoms. The highest BCUT2D eigenvalue weighted by atomic mass is 35.5. The first-order valence-corrected chi connectivity index (χ1v) is 7.06. The third-order valence-corrected chi connectivity index (χ3v) is 3.35. The molecule has 0 bridgehead atoms. The van der Waals surface area contributed by atoms with Gasteiger partial charge in [0.15, 0.2) is 5.82 Å². The van der Waals surface area contributed by atoms with Crippen molar-refractivity contribution in [1.29, 1.82) is 0 Å². The number of benzene rings is 1. The van der Waals surface area contributed by atoms with Gasteiger partial charge in [-0.1, -0.05) is 23.7 Å². The van der Waals surface area contributed by atoms with Crippen molar-refractivity contribution in [2.75, 3.05) is 17.7 Å². The summed E-state index contributed by atoms with van der Waals surface area (Å²) < 4.78 is 5.08. The molecule has 1 aromatic heterocycles. The Bertz CT molecular complexity index is 618. The van der Waals surface area contributed by atoms with Crippen LogP contribution in [0.1, 0.15) is 19.4 Å². The third kappa shape index (κ3) is 3.76. The first-order chi connectivity index (χ1) is 10.0. The van der Waals surface area contributed by atoms with Gasteiger partial charge < -0.3 is 15.4 Å². The van der Waals surface area contributed by atoms with Gasteiger partial charge in [-0.3, -0.25) is 0 Å². The molecule has 0 amide bonds. The molecule has 2 rings (SSSR count). The van der Waals surface area contributed by atoms with Crippen LogP contribution in [0.3, 0.4) is 0 Å². The summed E-state index contributed by atoms with van der Waals surface area (Å²) in [4.78, 5) is 10.5. The Hall–Kier alpha value is -2.01. The van der Waals surface area contributed by atoms with E-state index in [4.69, 9.17) is 22.1 Å². The average molecular weight is 307 g/mol. The summed E-state index contributed by atoms with van der Waals surface area (Å²) in [6, 6.07) is 8.28. The molecule has 0 radical (unpaired) electrons. The topological polar surface area (TPSA) is 64.3 Å². The van der Waals surface area contributed by atoms with E-state index in [2.05, 4.69) is 28.7 Å². The molecule has 0 aliphatic carbocycles. The molecular weight excluding hydrogens is 288 g/mol. The Balaban J connectivity index is 2.35. The highest BCUT2D eigenvalue weighted by molar-refractivity contribution is 6.32. The highest BCUT2D eigenvalue weighted by Crippen LogP contribution is 2.27. The van der Waals surface area contributed by atoms with Gasteiger partial charge in [-0.2, -0.15) is 4.98 Å². The van der Waals surface area contributed by atoms with E-state index in [0.717, 1.165) is 11.3 Å². The molecule has 0 atom stereocenters. The maximum absolute atomic E-state index is 6.24. The van der Waals surface area contributed by atoms with Crippen molar-refractivity contribution >= 4 is 23.1 Å². The van der Waals surface area contributed by atoms with Gasteiger partial charge in [-0.15, -0.1) is 0 Å². The van der Waals surface area contributed by atoms with Crippen LogP contribution in [0.5, 0.6) is 6.01 Å². The fourth-order valence-corrected chi connectivity index (χ4v) is 2.23. The number of hydrogen-bond acceptors (Lipinski definition) is 5. The van der Waals surface area contributed by atoms with Gasteiger partial charge in [0.1, 0.15) is 5.02 Å². The van der Waals surface area contributed by atoms with Crippen molar-refractivity contribution in [2.45, 2.75) is 26.4 Å². The van der Waals surface area contributed by atoms with Crippen LogP contribution in [0, 0.1) is 0 Å². The number of nitrogens with zero attached hydrogens (tertiary/aromatic N) is 3. The molecule has 0 saturated heterocycles. The zero-order valence-corrected chi connectivity index (χ0v) is 13.1. The molecule has 0 fully saturated rings. The number of hydrogen-bond donors (Lipinski definition) is 1. The first-order valence-electron chi connectivity index (χ1n) is 6.69. The summed E-state index contributed by atoms with van der Waals surface area (Å²) in [5.74, 6) is 0.654. The highest BCUT2D eigenvalue weighted by Gasteiger charge is 2.17. The molecule has 0 aliphatic rings. The molecule has 0 saturated carbocycles. The number of nitrogen functional groups attached to an aromatic ring is 1. The molecule has 2 aromatic rings. The minimum absolute atomic E-state index is 0.212. The Labute approximate surface area is 129 Å². The van der Waals surface area contributed by atoms with Gasteiger partial charge in [-0.25, -0.2) is 4.98 Å². The van der Waals surface area contributed by atoms with Crippen molar-refractivity contribution in [3.8, 4) is 6.01 Å². The van der Waals surface area contributed by atoms with Crippen molar-refractivity contribution in [3.05, 3.63) is 41.0 Å². The first kappa shape index (κ1) is 15.4. The largest absolute Gasteiger partial charge is 0.467 e. The predicted octanol–water partition coefficient (Wildman–Crippen LogP) is 3.14. The molecule has 5 nitrogen and oxygen atoms in total. The van der Waals surface area contributed by atoms with Crippen molar-refractivity contribution in [3.63, 3.8) is 0 Å².